The highest BCUT2D eigenvalue weighted by atomic mass is 35.5. The van der Waals surface area contributed by atoms with E-state index >= 15 is 0 Å². The van der Waals surface area contributed by atoms with Gasteiger partial charge in [-0.15, -0.1) is 11.3 Å². The molecule has 4 rings (SSSR count). The minimum atomic E-state index is -4.67. The summed E-state index contributed by atoms with van der Waals surface area (Å²) < 4.78 is 75.5. The van der Waals surface area contributed by atoms with E-state index in [2.05, 4.69) is 10.0 Å². The fourth-order valence-corrected chi connectivity index (χ4v) is 6.70. The SMILES string of the molecule is C[C@@]1(Oc2cc(NS(=O)(=O)c3sc(Cl)cc3-c3ccc(Cl)cc3)ccc2C(F)(F)F)CCNC1. The van der Waals surface area contributed by atoms with E-state index in [1.165, 1.54) is 6.07 Å². The Balaban J connectivity index is 1.70. The third-order valence-electron chi connectivity index (χ3n) is 5.29. The first kappa shape index (κ1) is 25.1. The van der Waals surface area contributed by atoms with E-state index in [-0.39, 0.29) is 14.2 Å². The maximum absolute atomic E-state index is 13.6. The second kappa shape index (κ2) is 9.23. The Hall–Kier alpha value is -1.98. The smallest absolute Gasteiger partial charge is 0.419 e. The first-order chi connectivity index (χ1) is 15.9. The maximum Gasteiger partial charge on any atom is 0.419 e. The number of nitrogens with one attached hydrogen (secondary N) is 2. The van der Waals surface area contributed by atoms with Crippen LogP contribution < -0.4 is 14.8 Å². The van der Waals surface area contributed by atoms with Gasteiger partial charge in [-0.05, 0) is 49.4 Å². The largest absolute Gasteiger partial charge is 0.485 e. The Morgan fingerprint density at radius 2 is 1.82 bits per heavy atom. The molecule has 1 atom stereocenters. The quantitative estimate of drug-likeness (QED) is 0.359. The molecule has 34 heavy (non-hydrogen) atoms. The van der Waals surface area contributed by atoms with Gasteiger partial charge >= 0.3 is 6.18 Å². The lowest BCUT2D eigenvalue weighted by Crippen LogP contribution is -2.35. The molecule has 3 aromatic rings. The monoisotopic (exact) mass is 550 g/mol. The molecule has 0 unspecified atom stereocenters. The Kier molecular flexibility index (Phi) is 6.82. The van der Waals surface area contributed by atoms with Crippen molar-refractivity contribution < 1.29 is 26.3 Å². The van der Waals surface area contributed by atoms with Crippen molar-refractivity contribution in [3.05, 3.63) is 63.5 Å². The predicted octanol–water partition coefficient (Wildman–Crippen LogP) is 6.67. The zero-order chi connectivity index (χ0) is 24.7. The van der Waals surface area contributed by atoms with Gasteiger partial charge in [0.25, 0.3) is 10.0 Å². The van der Waals surface area contributed by atoms with Gasteiger partial charge < -0.3 is 10.1 Å². The van der Waals surface area contributed by atoms with E-state index in [0.717, 1.165) is 29.5 Å². The van der Waals surface area contributed by atoms with Crippen molar-refractivity contribution in [2.75, 3.05) is 17.8 Å². The minimum absolute atomic E-state index is 0.0656. The van der Waals surface area contributed by atoms with Crippen molar-refractivity contribution >= 4 is 50.2 Å². The fraction of sp³-hybridized carbons (Fsp3) is 0.273. The summed E-state index contributed by atoms with van der Waals surface area (Å²) in [4.78, 5) is 0. The topological polar surface area (TPSA) is 67.4 Å². The lowest BCUT2D eigenvalue weighted by Gasteiger charge is -2.27. The Bertz CT molecular complexity index is 1300. The highest BCUT2D eigenvalue weighted by molar-refractivity contribution is 7.94. The second-order valence-corrected chi connectivity index (χ2v) is 12.0. The Morgan fingerprint density at radius 3 is 2.44 bits per heavy atom. The molecule has 0 saturated carbocycles. The van der Waals surface area contributed by atoms with Crippen molar-refractivity contribution in [3.63, 3.8) is 0 Å². The molecular formula is C22H19Cl2F3N2O3S2. The zero-order valence-corrected chi connectivity index (χ0v) is 20.8. The lowest BCUT2D eigenvalue weighted by molar-refractivity contribution is -0.139. The van der Waals surface area contributed by atoms with Crippen LogP contribution in [-0.4, -0.2) is 27.1 Å². The van der Waals surface area contributed by atoms with Crippen LogP contribution in [0.2, 0.25) is 9.36 Å². The number of anilines is 1. The summed E-state index contributed by atoms with van der Waals surface area (Å²) in [6, 6.07) is 11.0. The molecule has 0 radical (unpaired) electrons. The molecule has 0 spiro atoms. The average molecular weight is 551 g/mol. The number of alkyl halides is 3. The number of hydrogen-bond acceptors (Lipinski definition) is 5. The van der Waals surface area contributed by atoms with Crippen LogP contribution in [0.4, 0.5) is 18.9 Å². The molecule has 0 bridgehead atoms. The van der Waals surface area contributed by atoms with Crippen LogP contribution in [0.3, 0.4) is 0 Å². The van der Waals surface area contributed by atoms with Crippen LogP contribution in [0.15, 0.2) is 52.7 Å². The first-order valence-electron chi connectivity index (χ1n) is 10.1. The molecule has 12 heteroatoms. The summed E-state index contributed by atoms with van der Waals surface area (Å²) in [5, 5.41) is 3.54. The van der Waals surface area contributed by atoms with Crippen molar-refractivity contribution in [2.45, 2.75) is 29.3 Å². The van der Waals surface area contributed by atoms with Crippen LogP contribution in [0.25, 0.3) is 11.1 Å². The molecular weight excluding hydrogens is 532 g/mol. The highest BCUT2D eigenvalue weighted by Gasteiger charge is 2.38. The summed E-state index contributed by atoms with van der Waals surface area (Å²) in [5.74, 6) is -0.443. The number of hydrogen-bond donors (Lipinski definition) is 2. The van der Waals surface area contributed by atoms with Crippen LogP contribution in [0, 0.1) is 0 Å². The predicted molar refractivity (Wildman–Crippen MR) is 129 cm³/mol. The van der Waals surface area contributed by atoms with E-state index in [0.29, 0.717) is 35.7 Å². The van der Waals surface area contributed by atoms with Gasteiger partial charge in [-0.2, -0.15) is 13.2 Å². The third-order valence-corrected chi connectivity index (χ3v) is 8.72. The van der Waals surface area contributed by atoms with E-state index in [1.54, 1.807) is 31.2 Å². The molecule has 2 heterocycles. The molecule has 1 aromatic heterocycles. The summed E-state index contributed by atoms with van der Waals surface area (Å²) in [6.45, 7) is 2.69. The molecule has 1 aliphatic rings. The molecule has 0 aliphatic carbocycles. The number of thiophene rings is 1. The van der Waals surface area contributed by atoms with Gasteiger partial charge in [0.15, 0.2) is 0 Å². The first-order valence-corrected chi connectivity index (χ1v) is 13.1. The van der Waals surface area contributed by atoms with Crippen LogP contribution in [-0.2, 0) is 16.2 Å². The summed E-state index contributed by atoms with van der Waals surface area (Å²) in [5.41, 5.74) is -0.965. The number of halogens is 5. The van der Waals surface area contributed by atoms with Crippen LogP contribution >= 0.6 is 34.5 Å². The third kappa shape index (κ3) is 5.46. The maximum atomic E-state index is 13.6. The number of rotatable bonds is 6. The zero-order valence-electron chi connectivity index (χ0n) is 17.7. The van der Waals surface area contributed by atoms with E-state index in [9.17, 15) is 21.6 Å². The standard InChI is InChI=1S/C22H19Cl2F3N2O3S2/c1-21(8-9-28-12-21)32-18-10-15(6-7-17(18)22(25,26)27)29-34(30,31)20-16(11-19(24)33-20)13-2-4-14(23)5-3-13/h2-7,10-11,28-29H,8-9,12H2,1H3/t21-/m1/s1. The van der Waals surface area contributed by atoms with Crippen molar-refractivity contribution in [3.8, 4) is 16.9 Å². The normalized spacial score (nSPS) is 18.8. The number of sulfonamides is 1. The second-order valence-electron chi connectivity index (χ2n) is 8.05. The Labute approximate surface area is 208 Å². The number of benzene rings is 2. The summed E-state index contributed by atoms with van der Waals surface area (Å²) in [6.07, 6.45) is -4.16. The van der Waals surface area contributed by atoms with Gasteiger partial charge in [0.2, 0.25) is 0 Å². The van der Waals surface area contributed by atoms with Crippen molar-refractivity contribution in [2.24, 2.45) is 0 Å². The molecule has 0 amide bonds. The number of ether oxygens (including phenoxy) is 1. The van der Waals surface area contributed by atoms with E-state index in [1.807, 2.05) is 0 Å². The lowest BCUT2D eigenvalue weighted by atomic mass is 10.1. The minimum Gasteiger partial charge on any atom is -0.485 e. The van der Waals surface area contributed by atoms with Gasteiger partial charge in [-0.3, -0.25) is 4.72 Å². The molecule has 1 aliphatic heterocycles. The van der Waals surface area contributed by atoms with Crippen molar-refractivity contribution in [1.29, 1.82) is 0 Å². The molecule has 2 N–H and O–H groups in total. The van der Waals surface area contributed by atoms with E-state index < -0.39 is 33.1 Å². The molecule has 182 valence electrons. The highest BCUT2D eigenvalue weighted by Crippen LogP contribution is 2.42. The van der Waals surface area contributed by atoms with Crippen LogP contribution in [0.5, 0.6) is 5.75 Å². The molecule has 1 saturated heterocycles. The average Bonchev–Trinajstić information content (AvgIpc) is 3.34. The van der Waals surface area contributed by atoms with Gasteiger partial charge in [-0.1, -0.05) is 35.3 Å². The fourth-order valence-electron chi connectivity index (χ4n) is 3.63. The Morgan fingerprint density at radius 1 is 1.12 bits per heavy atom. The van der Waals surface area contributed by atoms with Gasteiger partial charge in [0.1, 0.15) is 15.6 Å². The van der Waals surface area contributed by atoms with Gasteiger partial charge in [0.05, 0.1) is 15.6 Å². The molecule has 2 aromatic carbocycles. The molecule has 5 nitrogen and oxygen atoms in total. The van der Waals surface area contributed by atoms with E-state index in [4.69, 9.17) is 27.9 Å². The summed E-state index contributed by atoms with van der Waals surface area (Å²) in [7, 11) is -4.19. The van der Waals surface area contributed by atoms with Gasteiger partial charge in [-0.25, -0.2) is 8.42 Å². The molecule has 1 fully saturated rings. The summed E-state index contributed by atoms with van der Waals surface area (Å²) >= 11 is 12.9. The van der Waals surface area contributed by atoms with Crippen molar-refractivity contribution in [1.82, 2.24) is 5.32 Å². The van der Waals surface area contributed by atoms with Gasteiger partial charge in [0, 0.05) is 29.6 Å². The van der Waals surface area contributed by atoms with Crippen LogP contribution in [0.1, 0.15) is 18.9 Å².